The summed E-state index contributed by atoms with van der Waals surface area (Å²) >= 11 is 0. The first-order chi connectivity index (χ1) is 23.3. The van der Waals surface area contributed by atoms with Gasteiger partial charge in [-0.05, 0) is 104 Å². The number of methoxy groups -OCH3 is 1. The fourth-order valence-electron chi connectivity index (χ4n) is 6.69. The fourth-order valence-corrected chi connectivity index (χ4v) is 6.69. The molecule has 7 nitrogen and oxygen atoms in total. The van der Waals surface area contributed by atoms with Crippen molar-refractivity contribution in [1.82, 2.24) is 19.3 Å². The molecule has 0 saturated carbocycles. The number of hydrogen-bond donors (Lipinski definition) is 0. The van der Waals surface area contributed by atoms with Crippen LogP contribution in [-0.4, -0.2) is 33.0 Å². The molecule has 3 heterocycles. The minimum Gasteiger partial charge on any atom is -0.497 e. The number of hydrogen-bond acceptors (Lipinski definition) is 5. The largest absolute Gasteiger partial charge is 0.497 e. The molecule has 0 radical (unpaired) electrons. The second-order valence-corrected chi connectivity index (χ2v) is 12.7. The van der Waals surface area contributed by atoms with Gasteiger partial charge >= 0.3 is 0 Å². The van der Waals surface area contributed by atoms with Gasteiger partial charge in [-0.1, -0.05) is 32.0 Å². The predicted molar refractivity (Wildman–Crippen MR) is 193 cm³/mol. The van der Waals surface area contributed by atoms with E-state index >= 15 is 0 Å². The molecule has 0 aliphatic carbocycles. The molecule has 3 aromatic heterocycles. The van der Waals surface area contributed by atoms with Crippen molar-refractivity contribution in [2.24, 2.45) is 5.92 Å². The summed E-state index contributed by atoms with van der Waals surface area (Å²) < 4.78 is 22.1. The van der Waals surface area contributed by atoms with E-state index in [4.69, 9.17) is 24.3 Å². The van der Waals surface area contributed by atoms with Crippen LogP contribution in [0.2, 0.25) is 0 Å². The molecular formula is C41H40N4O3. The quantitative estimate of drug-likeness (QED) is 0.150. The lowest BCUT2D eigenvalue weighted by Gasteiger charge is -2.14. The van der Waals surface area contributed by atoms with Gasteiger partial charge in [0, 0.05) is 46.9 Å². The average molecular weight is 637 g/mol. The predicted octanol–water partition coefficient (Wildman–Crippen LogP) is 10.0. The Bertz CT molecular complexity index is 2240. The number of para-hydroxylation sites is 1. The first kappa shape index (κ1) is 31.1. The third-order valence-electron chi connectivity index (χ3n) is 8.61. The summed E-state index contributed by atoms with van der Waals surface area (Å²) in [5, 5.41) is 7.08. The lowest BCUT2D eigenvalue weighted by atomic mass is 9.98. The number of nitrogens with zero attached hydrogens (tertiary/aromatic N) is 4. The fraction of sp³-hybridized carbons (Fsp3) is 0.220. The summed E-state index contributed by atoms with van der Waals surface area (Å²) in [6.07, 6.45) is 6.73. The van der Waals surface area contributed by atoms with Crippen molar-refractivity contribution in [1.29, 1.82) is 0 Å². The topological polar surface area (TPSA) is 63.3 Å². The van der Waals surface area contributed by atoms with E-state index < -0.39 is 0 Å². The highest BCUT2D eigenvalue weighted by atomic mass is 16.5. The molecule has 48 heavy (non-hydrogen) atoms. The summed E-state index contributed by atoms with van der Waals surface area (Å²) in [5.74, 6) is 4.41. The Morgan fingerprint density at radius 1 is 0.771 bits per heavy atom. The third kappa shape index (κ3) is 5.99. The van der Waals surface area contributed by atoms with Crippen LogP contribution < -0.4 is 14.2 Å². The van der Waals surface area contributed by atoms with E-state index in [0.29, 0.717) is 12.5 Å². The second-order valence-electron chi connectivity index (χ2n) is 12.7. The lowest BCUT2D eigenvalue weighted by molar-refractivity contribution is 0.340. The minimum atomic E-state index is 0.484. The van der Waals surface area contributed by atoms with Crippen LogP contribution in [0.15, 0.2) is 104 Å². The maximum atomic E-state index is 6.66. The van der Waals surface area contributed by atoms with Gasteiger partial charge in [0.05, 0.1) is 36.6 Å². The summed E-state index contributed by atoms with van der Waals surface area (Å²) in [7, 11) is 1.67. The van der Waals surface area contributed by atoms with Crippen LogP contribution in [-0.2, 0) is 6.42 Å². The molecule has 7 aromatic rings. The van der Waals surface area contributed by atoms with Crippen LogP contribution in [0.25, 0.3) is 44.4 Å². The van der Waals surface area contributed by atoms with Gasteiger partial charge in [-0.2, -0.15) is 5.10 Å². The Morgan fingerprint density at radius 2 is 1.56 bits per heavy atom. The monoisotopic (exact) mass is 636 g/mol. The van der Waals surface area contributed by atoms with E-state index in [1.165, 1.54) is 11.1 Å². The van der Waals surface area contributed by atoms with Gasteiger partial charge in [-0.15, -0.1) is 0 Å². The van der Waals surface area contributed by atoms with Crippen molar-refractivity contribution < 1.29 is 14.2 Å². The average Bonchev–Trinajstić information content (AvgIpc) is 3.67. The molecule has 242 valence electrons. The number of ether oxygens (including phenoxy) is 3. The highest BCUT2D eigenvalue weighted by Gasteiger charge is 2.16. The van der Waals surface area contributed by atoms with E-state index in [1.54, 1.807) is 13.3 Å². The van der Waals surface area contributed by atoms with Crippen LogP contribution >= 0.6 is 0 Å². The van der Waals surface area contributed by atoms with Crippen molar-refractivity contribution >= 4 is 21.8 Å². The van der Waals surface area contributed by atoms with Gasteiger partial charge in [-0.25, -0.2) is 9.67 Å². The first-order valence-corrected chi connectivity index (χ1v) is 16.5. The standard InChI is InChI=1S/C41H40N4O3/c1-7-47-34-17-27(4)41(28(5)18-34)30-24-43-44(25-30)31-19-29(16-26(2)3)20-35(21-31)48-33-12-13-37-36-10-8-9-11-38(36)45(39(37)22-33)40-23-32(46-6)14-15-42-40/h8-15,17-26H,7,16H2,1-6H3. The number of pyridine rings is 1. The van der Waals surface area contributed by atoms with Crippen LogP contribution in [0, 0.1) is 19.8 Å². The normalized spacial score (nSPS) is 11.5. The lowest BCUT2D eigenvalue weighted by Crippen LogP contribution is -2.00. The van der Waals surface area contributed by atoms with E-state index in [0.717, 1.165) is 79.4 Å². The molecule has 0 amide bonds. The van der Waals surface area contributed by atoms with Crippen molar-refractivity contribution in [3.63, 3.8) is 0 Å². The van der Waals surface area contributed by atoms with E-state index in [-0.39, 0.29) is 0 Å². The molecule has 0 unspecified atom stereocenters. The summed E-state index contributed by atoms with van der Waals surface area (Å²) in [4.78, 5) is 4.70. The molecule has 0 saturated heterocycles. The zero-order valence-corrected chi connectivity index (χ0v) is 28.3. The van der Waals surface area contributed by atoms with Crippen molar-refractivity contribution in [3.8, 4) is 45.6 Å². The maximum absolute atomic E-state index is 6.66. The smallest absolute Gasteiger partial charge is 0.141 e. The third-order valence-corrected chi connectivity index (χ3v) is 8.61. The van der Waals surface area contributed by atoms with Gasteiger partial charge in [0.15, 0.2) is 0 Å². The Kier molecular flexibility index (Phi) is 8.36. The van der Waals surface area contributed by atoms with Crippen LogP contribution in [0.5, 0.6) is 23.0 Å². The Hall–Kier alpha value is -5.56. The van der Waals surface area contributed by atoms with Gasteiger partial charge in [0.25, 0.3) is 0 Å². The van der Waals surface area contributed by atoms with Crippen LogP contribution in [0.4, 0.5) is 0 Å². The van der Waals surface area contributed by atoms with Gasteiger partial charge < -0.3 is 14.2 Å². The molecule has 7 heteroatoms. The van der Waals surface area contributed by atoms with Crippen LogP contribution in [0.1, 0.15) is 37.5 Å². The Labute approximate surface area is 281 Å². The molecule has 4 aromatic carbocycles. The highest BCUT2D eigenvalue weighted by Crippen LogP contribution is 2.37. The zero-order chi connectivity index (χ0) is 33.4. The summed E-state index contributed by atoms with van der Waals surface area (Å²) in [6.45, 7) is 11.4. The number of aryl methyl sites for hydroxylation is 2. The maximum Gasteiger partial charge on any atom is 0.141 e. The van der Waals surface area contributed by atoms with Crippen molar-refractivity contribution in [2.75, 3.05) is 13.7 Å². The summed E-state index contributed by atoms with van der Waals surface area (Å²) in [5.41, 5.74) is 8.78. The van der Waals surface area contributed by atoms with E-state index in [9.17, 15) is 0 Å². The Morgan fingerprint density at radius 3 is 2.33 bits per heavy atom. The molecule has 7 rings (SSSR count). The molecule has 0 fully saturated rings. The number of fused-ring (bicyclic) bond motifs is 3. The summed E-state index contributed by atoms with van der Waals surface area (Å²) in [6, 6.07) is 29.0. The molecule has 0 N–H and O–H groups in total. The molecule has 0 spiro atoms. The Balaban J connectivity index is 1.28. The second kappa shape index (κ2) is 12.9. The van der Waals surface area contributed by atoms with Gasteiger partial charge in [0.2, 0.25) is 0 Å². The van der Waals surface area contributed by atoms with Crippen molar-refractivity contribution in [2.45, 2.75) is 41.0 Å². The number of benzene rings is 4. The molecule has 0 bridgehead atoms. The van der Waals surface area contributed by atoms with E-state index in [2.05, 4.69) is 105 Å². The van der Waals surface area contributed by atoms with Gasteiger partial charge in [0.1, 0.15) is 28.8 Å². The zero-order valence-electron chi connectivity index (χ0n) is 28.3. The first-order valence-electron chi connectivity index (χ1n) is 16.5. The molecule has 0 aliphatic heterocycles. The van der Waals surface area contributed by atoms with Crippen LogP contribution in [0.3, 0.4) is 0 Å². The molecule has 0 atom stereocenters. The highest BCUT2D eigenvalue weighted by molar-refractivity contribution is 6.09. The van der Waals surface area contributed by atoms with Crippen molar-refractivity contribution in [3.05, 3.63) is 120 Å². The van der Waals surface area contributed by atoms with Gasteiger partial charge in [-0.3, -0.25) is 4.57 Å². The molecular weight excluding hydrogens is 596 g/mol. The molecule has 0 aliphatic rings. The van der Waals surface area contributed by atoms with E-state index in [1.807, 2.05) is 36.0 Å². The number of rotatable bonds is 10. The minimum absolute atomic E-state index is 0.484. The SMILES string of the molecule is CCOc1cc(C)c(-c2cnn(-c3cc(CC(C)C)cc(Oc4ccc5c6ccccc6n(-c6cc(OC)ccn6)c5c4)c3)c2)c(C)c1. The number of aromatic nitrogens is 4.